The number of hydrogen-bond donors (Lipinski definition) is 6. The summed E-state index contributed by atoms with van der Waals surface area (Å²) in [6.07, 6.45) is -1.47. The minimum atomic E-state index is -4.75. The van der Waals surface area contributed by atoms with E-state index in [1.54, 1.807) is 0 Å². The Bertz CT molecular complexity index is 346. The van der Waals surface area contributed by atoms with Crippen LogP contribution in [0.2, 0.25) is 0 Å². The predicted octanol–water partition coefficient (Wildman–Crippen LogP) is -1.50. The zero-order chi connectivity index (χ0) is 12.6. The largest absolute Gasteiger partial charge is 0.506 e. The SMILES string of the molecule is O=P(O)(O)OC[C@H]1O[C@](O)(CO)C(O)=C1O. The Kier molecular flexibility index (Phi) is 3.60. The Morgan fingerprint density at radius 3 is 2.38 bits per heavy atom. The minimum Gasteiger partial charge on any atom is -0.506 e. The minimum absolute atomic E-state index is 0.789. The molecule has 1 aliphatic heterocycles. The average Bonchev–Trinajstić information content (AvgIpc) is 2.40. The molecule has 1 aliphatic rings. The maximum atomic E-state index is 10.4. The molecule has 6 N–H and O–H groups in total. The summed E-state index contributed by atoms with van der Waals surface area (Å²) >= 11 is 0. The van der Waals surface area contributed by atoms with Crippen LogP contribution < -0.4 is 0 Å². The molecular weight excluding hydrogens is 247 g/mol. The van der Waals surface area contributed by atoms with Crippen molar-refractivity contribution in [2.45, 2.75) is 11.9 Å². The zero-order valence-corrected chi connectivity index (χ0v) is 8.74. The van der Waals surface area contributed by atoms with Crippen molar-refractivity contribution in [3.8, 4) is 0 Å². The Labute approximate surface area is 89.4 Å². The second-order valence-corrected chi connectivity index (χ2v) is 4.31. The Balaban J connectivity index is 2.71. The van der Waals surface area contributed by atoms with Gasteiger partial charge in [0.15, 0.2) is 11.5 Å². The summed E-state index contributed by atoms with van der Waals surface area (Å²) in [4.78, 5) is 16.8. The topological polar surface area (TPSA) is 157 Å². The lowest BCUT2D eigenvalue weighted by molar-refractivity contribution is -0.218. The first-order chi connectivity index (χ1) is 7.19. The molecule has 0 aromatic carbocycles. The summed E-state index contributed by atoms with van der Waals surface area (Å²) in [5.41, 5.74) is 0. The van der Waals surface area contributed by atoms with Gasteiger partial charge in [-0.05, 0) is 0 Å². The molecule has 0 saturated heterocycles. The van der Waals surface area contributed by atoms with Gasteiger partial charge in [-0.2, -0.15) is 0 Å². The molecule has 1 heterocycles. The Hall–Kier alpha value is -0.670. The number of phosphoric ester groups is 1. The van der Waals surface area contributed by atoms with Gasteiger partial charge in [-0.15, -0.1) is 0 Å². The van der Waals surface area contributed by atoms with E-state index in [1.807, 2.05) is 0 Å². The van der Waals surface area contributed by atoms with E-state index >= 15 is 0 Å². The molecule has 0 spiro atoms. The highest BCUT2D eigenvalue weighted by molar-refractivity contribution is 7.46. The molecule has 0 aromatic heterocycles. The fourth-order valence-electron chi connectivity index (χ4n) is 1.09. The van der Waals surface area contributed by atoms with Gasteiger partial charge in [0.25, 0.3) is 5.79 Å². The molecule has 2 atom stereocenters. The van der Waals surface area contributed by atoms with Crippen molar-refractivity contribution in [2.24, 2.45) is 0 Å². The van der Waals surface area contributed by atoms with Crippen molar-refractivity contribution < 1.29 is 44.0 Å². The standard InChI is InChI=1S/C6H11O9P/c7-2-6(10)5(9)4(8)3(15-6)1-14-16(11,12)13/h3,7-10H,1-2H2,(H2,11,12,13)/t3-,6-/m1/s1. The molecule has 9 nitrogen and oxygen atoms in total. The van der Waals surface area contributed by atoms with E-state index in [4.69, 9.17) is 20.0 Å². The molecular formula is C6H11O9P. The number of rotatable bonds is 4. The summed E-state index contributed by atoms with van der Waals surface area (Å²) in [5, 5.41) is 36.4. The van der Waals surface area contributed by atoms with Crippen LogP contribution in [-0.2, 0) is 13.8 Å². The summed E-state index contributed by atoms with van der Waals surface area (Å²) in [6.45, 7) is -1.82. The normalized spacial score (nSPS) is 31.1. The van der Waals surface area contributed by atoms with Crippen molar-refractivity contribution in [3.63, 3.8) is 0 Å². The van der Waals surface area contributed by atoms with Gasteiger partial charge in [-0.25, -0.2) is 4.57 Å². The van der Waals surface area contributed by atoms with Gasteiger partial charge >= 0.3 is 7.82 Å². The van der Waals surface area contributed by atoms with E-state index in [0.29, 0.717) is 0 Å². The molecule has 0 aromatic rings. The van der Waals surface area contributed by atoms with Gasteiger partial charge in [0.2, 0.25) is 0 Å². The van der Waals surface area contributed by atoms with Crippen LogP contribution in [0.3, 0.4) is 0 Å². The van der Waals surface area contributed by atoms with Crippen molar-refractivity contribution in [1.82, 2.24) is 0 Å². The van der Waals surface area contributed by atoms with Crippen LogP contribution in [0.25, 0.3) is 0 Å². The van der Waals surface area contributed by atoms with Crippen LogP contribution in [0.15, 0.2) is 11.5 Å². The van der Waals surface area contributed by atoms with Crippen LogP contribution in [0, 0.1) is 0 Å². The van der Waals surface area contributed by atoms with E-state index in [2.05, 4.69) is 9.26 Å². The molecule has 0 fully saturated rings. The summed E-state index contributed by atoms with van der Waals surface area (Å²) < 4.78 is 18.9. The maximum absolute atomic E-state index is 10.4. The van der Waals surface area contributed by atoms with Crippen LogP contribution in [0.4, 0.5) is 0 Å². The van der Waals surface area contributed by atoms with E-state index in [0.717, 1.165) is 0 Å². The summed E-state index contributed by atoms with van der Waals surface area (Å²) in [5.74, 6) is -4.35. The number of aliphatic hydroxyl groups excluding tert-OH is 3. The fraction of sp³-hybridized carbons (Fsp3) is 0.667. The molecule has 0 aliphatic carbocycles. The lowest BCUT2D eigenvalue weighted by Gasteiger charge is -2.20. The molecule has 0 radical (unpaired) electrons. The number of phosphoric acid groups is 1. The third kappa shape index (κ3) is 2.71. The summed E-state index contributed by atoms with van der Waals surface area (Å²) in [7, 11) is -4.75. The van der Waals surface area contributed by atoms with Crippen LogP contribution >= 0.6 is 7.82 Å². The third-order valence-electron chi connectivity index (χ3n) is 1.86. The molecule has 16 heavy (non-hydrogen) atoms. The van der Waals surface area contributed by atoms with E-state index < -0.39 is 44.4 Å². The van der Waals surface area contributed by atoms with Gasteiger partial charge in [0, 0.05) is 0 Å². The Morgan fingerprint density at radius 2 is 2.00 bits per heavy atom. The summed E-state index contributed by atoms with van der Waals surface area (Å²) in [6, 6.07) is 0. The van der Waals surface area contributed by atoms with Crippen molar-refractivity contribution in [2.75, 3.05) is 13.2 Å². The highest BCUT2D eigenvalue weighted by atomic mass is 31.2. The Morgan fingerprint density at radius 1 is 1.44 bits per heavy atom. The molecule has 0 bridgehead atoms. The molecule has 0 unspecified atom stereocenters. The quantitative estimate of drug-likeness (QED) is 0.330. The lowest BCUT2D eigenvalue weighted by atomic mass is 10.2. The third-order valence-corrected chi connectivity index (χ3v) is 2.35. The molecule has 94 valence electrons. The van der Waals surface area contributed by atoms with Crippen LogP contribution in [0.5, 0.6) is 0 Å². The molecule has 1 rings (SSSR count). The highest BCUT2D eigenvalue weighted by Gasteiger charge is 2.47. The zero-order valence-electron chi connectivity index (χ0n) is 7.85. The maximum Gasteiger partial charge on any atom is 0.469 e. The lowest BCUT2D eigenvalue weighted by Crippen LogP contribution is -2.37. The van der Waals surface area contributed by atoms with Gasteiger partial charge in [-0.1, -0.05) is 0 Å². The number of hydrogen-bond acceptors (Lipinski definition) is 7. The first-order valence-corrected chi connectivity index (χ1v) is 5.56. The highest BCUT2D eigenvalue weighted by Crippen LogP contribution is 2.38. The van der Waals surface area contributed by atoms with Gasteiger partial charge in [-0.3, -0.25) is 4.52 Å². The number of ether oxygens (including phenoxy) is 1. The van der Waals surface area contributed by atoms with Gasteiger partial charge in [0.05, 0.1) is 6.61 Å². The number of aliphatic hydroxyl groups is 4. The monoisotopic (exact) mass is 258 g/mol. The van der Waals surface area contributed by atoms with Crippen molar-refractivity contribution in [1.29, 1.82) is 0 Å². The van der Waals surface area contributed by atoms with Crippen molar-refractivity contribution in [3.05, 3.63) is 11.5 Å². The molecule has 10 heteroatoms. The molecule has 0 amide bonds. The van der Waals surface area contributed by atoms with E-state index in [-0.39, 0.29) is 0 Å². The van der Waals surface area contributed by atoms with Crippen LogP contribution in [-0.4, -0.2) is 55.3 Å². The second kappa shape index (κ2) is 4.30. The van der Waals surface area contributed by atoms with Gasteiger partial charge < -0.3 is 34.9 Å². The van der Waals surface area contributed by atoms with E-state index in [9.17, 15) is 14.8 Å². The first kappa shape index (κ1) is 13.4. The second-order valence-electron chi connectivity index (χ2n) is 3.07. The van der Waals surface area contributed by atoms with E-state index in [1.165, 1.54) is 0 Å². The van der Waals surface area contributed by atoms with Crippen LogP contribution in [0.1, 0.15) is 0 Å². The smallest absolute Gasteiger partial charge is 0.469 e. The fourth-order valence-corrected chi connectivity index (χ4v) is 1.42. The average molecular weight is 258 g/mol. The van der Waals surface area contributed by atoms with Gasteiger partial charge in [0.1, 0.15) is 12.7 Å². The first-order valence-electron chi connectivity index (χ1n) is 4.03. The predicted molar refractivity (Wildman–Crippen MR) is 47.2 cm³/mol. The van der Waals surface area contributed by atoms with Crippen molar-refractivity contribution >= 4 is 7.82 Å². The molecule has 0 saturated carbocycles.